The van der Waals surface area contributed by atoms with E-state index in [1.54, 1.807) is 0 Å². The quantitative estimate of drug-likeness (QED) is 0.174. The van der Waals surface area contributed by atoms with Crippen LogP contribution in [-0.4, -0.2) is 50.3 Å². The third-order valence-electron chi connectivity index (χ3n) is 8.72. The van der Waals surface area contributed by atoms with Crippen LogP contribution in [0.3, 0.4) is 0 Å². The lowest BCUT2D eigenvalue weighted by Gasteiger charge is -2.05. The van der Waals surface area contributed by atoms with E-state index in [1.807, 2.05) is 90.1 Å². The standard InChI is InChI=1S/C22H20N6.C22H22N4/c1-13-9-15(3)23-21(11-13)19-7-5-17(25-27-19)18-6-8-20(28-26-18)22-12-14(2)10-16(4)24-22;1-13-9-15(3)23-21(11-13)19-7-5-17(25-19)18-6-8-20(26-18)22-12-14(2)10-16(4)24-22/h5-12H,1-4H3;5-12,25-26H,1-4H3. The molecule has 10 heteroatoms. The Bertz CT molecular complexity index is 2320. The van der Waals surface area contributed by atoms with E-state index in [2.05, 4.69) is 113 Å². The van der Waals surface area contributed by atoms with Crippen molar-refractivity contribution in [1.29, 1.82) is 0 Å². The van der Waals surface area contributed by atoms with Crippen molar-refractivity contribution in [3.05, 3.63) is 142 Å². The molecule has 268 valence electrons. The molecule has 0 aromatic carbocycles. The minimum atomic E-state index is 0.667. The van der Waals surface area contributed by atoms with Crippen LogP contribution in [0.1, 0.15) is 45.0 Å². The van der Waals surface area contributed by atoms with Gasteiger partial charge in [0.15, 0.2) is 0 Å². The van der Waals surface area contributed by atoms with E-state index in [4.69, 9.17) is 0 Å². The Morgan fingerprint density at radius 2 is 0.537 bits per heavy atom. The van der Waals surface area contributed by atoms with Crippen LogP contribution < -0.4 is 0 Å². The summed E-state index contributed by atoms with van der Waals surface area (Å²) in [6.07, 6.45) is 0. The van der Waals surface area contributed by atoms with Crippen LogP contribution >= 0.6 is 0 Å². The monoisotopic (exact) mass is 710 g/mol. The van der Waals surface area contributed by atoms with Gasteiger partial charge in [0.25, 0.3) is 0 Å². The van der Waals surface area contributed by atoms with E-state index < -0.39 is 0 Å². The van der Waals surface area contributed by atoms with Crippen molar-refractivity contribution >= 4 is 0 Å². The normalized spacial score (nSPS) is 11.0. The summed E-state index contributed by atoms with van der Waals surface area (Å²) in [5, 5.41) is 17.3. The maximum absolute atomic E-state index is 4.63. The highest BCUT2D eigenvalue weighted by atomic mass is 15.2. The Labute approximate surface area is 315 Å². The summed E-state index contributed by atoms with van der Waals surface area (Å²) < 4.78 is 0. The molecule has 54 heavy (non-hydrogen) atoms. The highest BCUT2D eigenvalue weighted by molar-refractivity contribution is 5.69. The molecule has 2 N–H and O–H groups in total. The van der Waals surface area contributed by atoms with Crippen molar-refractivity contribution < 1.29 is 0 Å². The highest BCUT2D eigenvalue weighted by Gasteiger charge is 2.11. The number of H-pyrrole nitrogens is 2. The molecule has 8 rings (SSSR count). The van der Waals surface area contributed by atoms with Crippen LogP contribution in [-0.2, 0) is 0 Å². The number of rotatable bonds is 6. The van der Waals surface area contributed by atoms with Crippen LogP contribution in [0, 0.1) is 55.4 Å². The van der Waals surface area contributed by atoms with Gasteiger partial charge in [-0.3, -0.25) is 19.9 Å². The van der Waals surface area contributed by atoms with Gasteiger partial charge in [0.2, 0.25) is 0 Å². The van der Waals surface area contributed by atoms with Crippen molar-refractivity contribution in [2.45, 2.75) is 55.4 Å². The first-order chi connectivity index (χ1) is 25.9. The Hall–Kier alpha value is -6.68. The second-order valence-corrected chi connectivity index (χ2v) is 13.9. The lowest BCUT2D eigenvalue weighted by Crippen LogP contribution is -1.98. The first-order valence-electron chi connectivity index (χ1n) is 17.8. The molecule has 8 aromatic heterocycles. The molecule has 0 fully saturated rings. The first-order valence-corrected chi connectivity index (χ1v) is 17.8. The zero-order chi connectivity index (χ0) is 37.9. The molecule has 0 spiro atoms. The summed E-state index contributed by atoms with van der Waals surface area (Å²) in [5.41, 5.74) is 19.2. The lowest BCUT2D eigenvalue weighted by atomic mass is 10.1. The molecular formula is C44H42N10. The van der Waals surface area contributed by atoms with Gasteiger partial charge in [-0.1, -0.05) is 0 Å². The summed E-state index contributed by atoms with van der Waals surface area (Å²) in [7, 11) is 0. The van der Waals surface area contributed by atoms with Crippen LogP contribution in [0.25, 0.3) is 68.3 Å². The summed E-state index contributed by atoms with van der Waals surface area (Å²) in [4.78, 5) is 25.3. The maximum Gasteiger partial charge on any atom is 0.113 e. The summed E-state index contributed by atoms with van der Waals surface area (Å²) in [6.45, 7) is 16.3. The van der Waals surface area contributed by atoms with E-state index in [1.165, 1.54) is 11.1 Å². The molecule has 0 amide bonds. The molecule has 0 saturated heterocycles. The van der Waals surface area contributed by atoms with Crippen LogP contribution in [0.5, 0.6) is 0 Å². The average molecular weight is 711 g/mol. The number of hydrogen-bond donors (Lipinski definition) is 2. The smallest absolute Gasteiger partial charge is 0.113 e. The fourth-order valence-corrected chi connectivity index (χ4v) is 6.52. The molecule has 0 aliphatic carbocycles. The van der Waals surface area contributed by atoms with Gasteiger partial charge in [0.05, 0.1) is 45.6 Å². The predicted octanol–water partition coefficient (Wildman–Crippen LogP) is 9.66. The second-order valence-electron chi connectivity index (χ2n) is 13.9. The molecule has 0 aliphatic heterocycles. The lowest BCUT2D eigenvalue weighted by molar-refractivity contribution is 0.985. The number of nitrogens with zero attached hydrogens (tertiary/aromatic N) is 8. The molecule has 0 aliphatic rings. The van der Waals surface area contributed by atoms with Crippen molar-refractivity contribution in [2.75, 3.05) is 0 Å². The third kappa shape index (κ3) is 8.34. The summed E-state index contributed by atoms with van der Waals surface area (Å²) in [5.74, 6) is 0. The van der Waals surface area contributed by atoms with Crippen molar-refractivity contribution in [1.82, 2.24) is 50.3 Å². The van der Waals surface area contributed by atoms with Crippen molar-refractivity contribution in [3.63, 3.8) is 0 Å². The molecule has 0 bridgehead atoms. The number of aromatic nitrogens is 10. The van der Waals surface area contributed by atoms with Gasteiger partial charge in [-0.05, 0) is 175 Å². The predicted molar refractivity (Wildman–Crippen MR) is 214 cm³/mol. The van der Waals surface area contributed by atoms with Gasteiger partial charge in [0, 0.05) is 22.8 Å². The maximum atomic E-state index is 4.63. The molecule has 0 atom stereocenters. The van der Waals surface area contributed by atoms with Gasteiger partial charge in [-0.25, -0.2) is 0 Å². The topological polar surface area (TPSA) is 135 Å². The summed E-state index contributed by atoms with van der Waals surface area (Å²) >= 11 is 0. The SMILES string of the molecule is Cc1cc(C)nc(-c2ccc(-c3ccc(-c4cc(C)cc(C)n4)[nH]3)[nH]2)c1.Cc1cc(C)nc(-c2ccc(-c3ccc(-c4cc(C)cc(C)n4)nn3)nn2)c1. The van der Waals surface area contributed by atoms with E-state index in [-0.39, 0.29) is 0 Å². The molecule has 8 heterocycles. The highest BCUT2D eigenvalue weighted by Crippen LogP contribution is 2.27. The Balaban J connectivity index is 0.000000167. The fraction of sp³-hybridized carbons (Fsp3) is 0.182. The number of aryl methyl sites for hydroxylation is 8. The van der Waals surface area contributed by atoms with Gasteiger partial charge in [0.1, 0.15) is 22.8 Å². The second kappa shape index (κ2) is 15.1. The third-order valence-corrected chi connectivity index (χ3v) is 8.72. The summed E-state index contributed by atoms with van der Waals surface area (Å²) in [6, 6.07) is 32.4. The van der Waals surface area contributed by atoms with E-state index >= 15 is 0 Å². The van der Waals surface area contributed by atoms with Gasteiger partial charge >= 0.3 is 0 Å². The fourth-order valence-electron chi connectivity index (χ4n) is 6.52. The van der Waals surface area contributed by atoms with Gasteiger partial charge in [-0.2, -0.15) is 0 Å². The van der Waals surface area contributed by atoms with Crippen LogP contribution in [0.15, 0.2) is 97.1 Å². The first kappa shape index (κ1) is 35.7. The molecule has 0 unspecified atom stereocenters. The molecular weight excluding hydrogens is 669 g/mol. The number of hydrogen-bond acceptors (Lipinski definition) is 8. The number of nitrogens with one attached hydrogen (secondary N) is 2. The number of pyridine rings is 4. The van der Waals surface area contributed by atoms with Gasteiger partial charge in [-0.15, -0.1) is 20.4 Å². The number of aromatic amines is 2. The van der Waals surface area contributed by atoms with Crippen LogP contribution in [0.4, 0.5) is 0 Å². The Morgan fingerprint density at radius 3 is 0.833 bits per heavy atom. The Kier molecular flexibility index (Phi) is 10.00. The minimum absolute atomic E-state index is 0.667. The van der Waals surface area contributed by atoms with Crippen LogP contribution in [0.2, 0.25) is 0 Å². The largest absolute Gasteiger partial charge is 0.352 e. The van der Waals surface area contributed by atoms with E-state index in [0.29, 0.717) is 11.4 Å². The van der Waals surface area contributed by atoms with Crippen molar-refractivity contribution in [3.8, 4) is 68.3 Å². The zero-order valence-corrected chi connectivity index (χ0v) is 31.8. The van der Waals surface area contributed by atoms with E-state index in [9.17, 15) is 0 Å². The zero-order valence-electron chi connectivity index (χ0n) is 31.8. The molecule has 8 aromatic rings. The molecule has 0 saturated carbocycles. The minimum Gasteiger partial charge on any atom is -0.352 e. The van der Waals surface area contributed by atoms with Gasteiger partial charge < -0.3 is 9.97 Å². The molecule has 10 nitrogen and oxygen atoms in total. The molecule has 0 radical (unpaired) electrons. The van der Waals surface area contributed by atoms with E-state index in [0.717, 1.165) is 90.8 Å². The average Bonchev–Trinajstić information content (AvgIpc) is 3.82. The Morgan fingerprint density at radius 1 is 0.278 bits per heavy atom. The van der Waals surface area contributed by atoms with Crippen molar-refractivity contribution in [2.24, 2.45) is 0 Å².